The third kappa shape index (κ3) is 1.82. The molecule has 0 aromatic heterocycles. The molecule has 3 heteroatoms. The second kappa shape index (κ2) is 5.17. The minimum absolute atomic E-state index is 0.0309. The Balaban J connectivity index is 1.88. The van der Waals surface area contributed by atoms with Gasteiger partial charge in [0.2, 0.25) is 0 Å². The van der Waals surface area contributed by atoms with E-state index in [2.05, 4.69) is 45.5 Å². The van der Waals surface area contributed by atoms with Crippen LogP contribution in [0, 0.1) is 0 Å². The zero-order valence-electron chi connectivity index (χ0n) is 13.3. The van der Waals surface area contributed by atoms with Gasteiger partial charge in [0.1, 0.15) is 5.54 Å². The fraction of sp³-hybridized carbons (Fsp3) is 0.0455. The summed E-state index contributed by atoms with van der Waals surface area (Å²) in [7, 11) is 0. The standard InChI is InChI=1S/C22H14BrNO/c23-20-19(14-8-2-1-3-9-14)15-10-4-6-12-17(15)22(20)18-13-7-5-11-16(18)21(25)24-22/h1-13H,(H,24,25). The van der Waals surface area contributed by atoms with Crippen LogP contribution in [0.1, 0.15) is 32.6 Å². The number of carbonyl (C=O) groups is 1. The summed E-state index contributed by atoms with van der Waals surface area (Å²) in [4.78, 5) is 12.7. The lowest BCUT2D eigenvalue weighted by Crippen LogP contribution is -2.39. The zero-order valence-corrected chi connectivity index (χ0v) is 14.9. The van der Waals surface area contributed by atoms with Crippen molar-refractivity contribution in [1.29, 1.82) is 0 Å². The molecular formula is C22H14BrNO. The topological polar surface area (TPSA) is 29.1 Å². The number of carbonyl (C=O) groups excluding carboxylic acids is 1. The number of halogens is 1. The molecule has 1 amide bonds. The van der Waals surface area contributed by atoms with Crippen LogP contribution in [-0.4, -0.2) is 5.91 Å². The average molecular weight is 388 g/mol. The van der Waals surface area contributed by atoms with Gasteiger partial charge in [0.15, 0.2) is 0 Å². The minimum Gasteiger partial charge on any atom is -0.334 e. The van der Waals surface area contributed by atoms with Gasteiger partial charge in [-0.15, -0.1) is 0 Å². The monoisotopic (exact) mass is 387 g/mol. The van der Waals surface area contributed by atoms with Crippen LogP contribution in [0.3, 0.4) is 0 Å². The van der Waals surface area contributed by atoms with E-state index >= 15 is 0 Å². The molecule has 0 radical (unpaired) electrons. The van der Waals surface area contributed by atoms with Crippen molar-refractivity contribution < 1.29 is 4.79 Å². The quantitative estimate of drug-likeness (QED) is 0.635. The number of amides is 1. The van der Waals surface area contributed by atoms with Crippen LogP contribution in [-0.2, 0) is 5.54 Å². The minimum atomic E-state index is -0.643. The molecule has 2 aliphatic rings. The summed E-state index contributed by atoms with van der Waals surface area (Å²) < 4.78 is 0.991. The average Bonchev–Trinajstić information content (AvgIpc) is 3.10. The maximum absolute atomic E-state index is 12.7. The van der Waals surface area contributed by atoms with Crippen molar-refractivity contribution in [3.8, 4) is 0 Å². The second-order valence-electron chi connectivity index (χ2n) is 6.35. The molecule has 1 atom stereocenters. The van der Waals surface area contributed by atoms with Gasteiger partial charge in [0.25, 0.3) is 5.91 Å². The second-order valence-corrected chi connectivity index (χ2v) is 7.14. The molecule has 120 valence electrons. The highest BCUT2D eigenvalue weighted by molar-refractivity contribution is 9.12. The Kier molecular flexibility index (Phi) is 3.03. The third-order valence-corrected chi connectivity index (χ3v) is 6.08. The molecule has 0 saturated carbocycles. The lowest BCUT2D eigenvalue weighted by Gasteiger charge is -2.28. The lowest BCUT2D eigenvalue weighted by molar-refractivity contribution is 0.0950. The first-order valence-corrected chi connectivity index (χ1v) is 9.00. The number of rotatable bonds is 1. The molecule has 1 N–H and O–H groups in total. The Morgan fingerprint density at radius 2 is 1.28 bits per heavy atom. The van der Waals surface area contributed by atoms with Crippen LogP contribution in [0.5, 0.6) is 0 Å². The normalized spacial score (nSPS) is 20.6. The van der Waals surface area contributed by atoms with Crippen LogP contribution < -0.4 is 5.32 Å². The highest BCUT2D eigenvalue weighted by Gasteiger charge is 2.52. The van der Waals surface area contributed by atoms with E-state index in [0.717, 1.165) is 37.9 Å². The maximum Gasteiger partial charge on any atom is 0.252 e. The molecule has 3 aromatic carbocycles. The van der Waals surface area contributed by atoms with E-state index in [-0.39, 0.29) is 5.91 Å². The van der Waals surface area contributed by atoms with Gasteiger partial charge in [-0.05, 0) is 28.3 Å². The number of nitrogens with one attached hydrogen (secondary N) is 1. The van der Waals surface area contributed by atoms with Crippen LogP contribution in [0.15, 0.2) is 83.3 Å². The summed E-state index contributed by atoms with van der Waals surface area (Å²) in [6, 6.07) is 26.4. The van der Waals surface area contributed by atoms with Crippen molar-refractivity contribution in [2.45, 2.75) is 5.54 Å². The summed E-state index contributed by atoms with van der Waals surface area (Å²) in [5.74, 6) is -0.0309. The summed E-state index contributed by atoms with van der Waals surface area (Å²) >= 11 is 3.87. The van der Waals surface area contributed by atoms with Gasteiger partial charge in [-0.2, -0.15) is 0 Å². The van der Waals surface area contributed by atoms with E-state index in [1.165, 1.54) is 0 Å². The van der Waals surface area contributed by atoms with Crippen molar-refractivity contribution in [3.63, 3.8) is 0 Å². The van der Waals surface area contributed by atoms with E-state index < -0.39 is 5.54 Å². The summed E-state index contributed by atoms with van der Waals surface area (Å²) in [6.07, 6.45) is 0. The fourth-order valence-electron chi connectivity index (χ4n) is 4.04. The number of hydrogen-bond acceptors (Lipinski definition) is 1. The first kappa shape index (κ1) is 14.7. The number of hydrogen-bond donors (Lipinski definition) is 1. The largest absolute Gasteiger partial charge is 0.334 e. The smallest absolute Gasteiger partial charge is 0.252 e. The van der Waals surface area contributed by atoms with Gasteiger partial charge in [-0.1, -0.05) is 88.7 Å². The summed E-state index contributed by atoms with van der Waals surface area (Å²) in [5.41, 5.74) is 5.63. The van der Waals surface area contributed by atoms with Crippen LogP contribution in [0.4, 0.5) is 0 Å². The predicted octanol–water partition coefficient (Wildman–Crippen LogP) is 4.84. The zero-order chi connectivity index (χ0) is 17.0. The van der Waals surface area contributed by atoms with Crippen molar-refractivity contribution in [3.05, 3.63) is 111 Å². The van der Waals surface area contributed by atoms with Crippen molar-refractivity contribution in [1.82, 2.24) is 5.32 Å². The van der Waals surface area contributed by atoms with Gasteiger partial charge in [-0.25, -0.2) is 0 Å². The van der Waals surface area contributed by atoms with Gasteiger partial charge >= 0.3 is 0 Å². The van der Waals surface area contributed by atoms with Crippen LogP contribution >= 0.6 is 15.9 Å². The molecule has 0 saturated heterocycles. The molecule has 1 heterocycles. The van der Waals surface area contributed by atoms with Crippen LogP contribution in [0.2, 0.25) is 0 Å². The maximum atomic E-state index is 12.7. The van der Waals surface area contributed by atoms with E-state index in [1.54, 1.807) is 0 Å². The molecule has 1 aliphatic carbocycles. The lowest BCUT2D eigenvalue weighted by atomic mass is 9.85. The first-order chi connectivity index (χ1) is 12.2. The molecular weight excluding hydrogens is 374 g/mol. The molecule has 1 aliphatic heterocycles. The molecule has 0 fully saturated rings. The predicted molar refractivity (Wildman–Crippen MR) is 103 cm³/mol. The van der Waals surface area contributed by atoms with E-state index in [1.807, 2.05) is 54.6 Å². The number of fused-ring (bicyclic) bond motifs is 4. The molecule has 1 spiro atoms. The van der Waals surface area contributed by atoms with E-state index in [9.17, 15) is 4.79 Å². The third-order valence-electron chi connectivity index (χ3n) is 5.09. The molecule has 3 aromatic rings. The van der Waals surface area contributed by atoms with Crippen molar-refractivity contribution in [2.75, 3.05) is 0 Å². The van der Waals surface area contributed by atoms with Gasteiger partial charge in [0.05, 0.1) is 0 Å². The SMILES string of the molecule is O=C1NC2(C(Br)=C(c3ccccc3)c3ccccc32)c2ccccc21. The Morgan fingerprint density at radius 3 is 2.00 bits per heavy atom. The Morgan fingerprint density at radius 1 is 0.720 bits per heavy atom. The summed E-state index contributed by atoms with van der Waals surface area (Å²) in [5, 5.41) is 3.26. The molecule has 25 heavy (non-hydrogen) atoms. The van der Waals surface area contributed by atoms with Crippen molar-refractivity contribution in [2.24, 2.45) is 0 Å². The Bertz CT molecular complexity index is 1050. The molecule has 1 unspecified atom stereocenters. The van der Waals surface area contributed by atoms with Gasteiger partial charge in [0, 0.05) is 15.6 Å². The van der Waals surface area contributed by atoms with Crippen LogP contribution in [0.25, 0.3) is 5.57 Å². The molecule has 5 rings (SSSR count). The fourth-order valence-corrected chi connectivity index (χ4v) is 5.01. The number of benzene rings is 3. The Hall–Kier alpha value is -2.65. The highest BCUT2D eigenvalue weighted by Crippen LogP contribution is 2.55. The van der Waals surface area contributed by atoms with Crippen molar-refractivity contribution >= 4 is 27.4 Å². The highest BCUT2D eigenvalue weighted by atomic mass is 79.9. The van der Waals surface area contributed by atoms with E-state index in [0.29, 0.717) is 0 Å². The van der Waals surface area contributed by atoms with Gasteiger partial charge in [-0.3, -0.25) is 4.79 Å². The first-order valence-electron chi connectivity index (χ1n) is 8.21. The molecule has 2 nitrogen and oxygen atoms in total. The Labute approximate surface area is 154 Å². The van der Waals surface area contributed by atoms with E-state index in [4.69, 9.17) is 0 Å². The molecule has 0 bridgehead atoms. The van der Waals surface area contributed by atoms with Gasteiger partial charge < -0.3 is 5.32 Å². The summed E-state index contributed by atoms with van der Waals surface area (Å²) in [6.45, 7) is 0.